The fourth-order valence-electron chi connectivity index (χ4n) is 3.50. The van der Waals surface area contributed by atoms with E-state index in [1.54, 1.807) is 74.5 Å². The minimum Gasteiger partial charge on any atom is -0.492 e. The minimum atomic E-state index is -0.754. The van der Waals surface area contributed by atoms with E-state index in [9.17, 15) is 14.4 Å². The molecule has 4 aromatic rings. The van der Waals surface area contributed by atoms with Crippen molar-refractivity contribution in [3.63, 3.8) is 0 Å². The van der Waals surface area contributed by atoms with Gasteiger partial charge in [0, 0.05) is 23.1 Å². The molecule has 8 heteroatoms. The first-order chi connectivity index (χ1) is 17.0. The molecule has 1 heterocycles. The molecular weight excluding hydrogens is 448 g/mol. The highest BCUT2D eigenvalue weighted by molar-refractivity contribution is 6.08. The Morgan fingerprint density at radius 3 is 1.97 bits per heavy atom. The Bertz CT molecular complexity index is 1430. The Morgan fingerprint density at radius 2 is 1.34 bits per heavy atom. The van der Waals surface area contributed by atoms with Gasteiger partial charge in [0.15, 0.2) is 0 Å². The second kappa shape index (κ2) is 10.6. The SMILES string of the molecule is CCOc1cc(NC(=O)c2cc3ccccc3oc2=O)c(OCC)cc1NC(=O)c1ccccc1. The van der Waals surface area contributed by atoms with Gasteiger partial charge in [-0.15, -0.1) is 0 Å². The van der Waals surface area contributed by atoms with Gasteiger partial charge in [-0.05, 0) is 38.1 Å². The molecule has 1 aromatic heterocycles. The Morgan fingerprint density at radius 1 is 0.771 bits per heavy atom. The second-order valence-electron chi connectivity index (χ2n) is 7.47. The quantitative estimate of drug-likeness (QED) is 0.346. The summed E-state index contributed by atoms with van der Waals surface area (Å²) in [5, 5.41) is 6.16. The number of carbonyl (C=O) groups excluding carboxylic acids is 2. The molecule has 0 spiro atoms. The van der Waals surface area contributed by atoms with Crippen LogP contribution in [0.5, 0.6) is 11.5 Å². The van der Waals surface area contributed by atoms with E-state index in [-0.39, 0.29) is 17.2 Å². The lowest BCUT2D eigenvalue weighted by Gasteiger charge is -2.18. The number of fused-ring (bicyclic) bond motifs is 1. The van der Waals surface area contributed by atoms with Gasteiger partial charge in [0.2, 0.25) is 0 Å². The highest BCUT2D eigenvalue weighted by Gasteiger charge is 2.19. The molecule has 0 saturated heterocycles. The van der Waals surface area contributed by atoms with Gasteiger partial charge in [0.05, 0.1) is 24.6 Å². The molecule has 0 aliphatic heterocycles. The number of anilines is 2. The molecule has 4 rings (SSSR count). The van der Waals surface area contributed by atoms with E-state index in [0.29, 0.717) is 46.9 Å². The zero-order valence-electron chi connectivity index (χ0n) is 19.3. The summed E-state index contributed by atoms with van der Waals surface area (Å²) in [7, 11) is 0. The lowest BCUT2D eigenvalue weighted by Crippen LogP contribution is -2.21. The van der Waals surface area contributed by atoms with Crippen molar-refractivity contribution in [3.8, 4) is 11.5 Å². The fourth-order valence-corrected chi connectivity index (χ4v) is 3.50. The number of amides is 2. The Labute approximate surface area is 201 Å². The van der Waals surface area contributed by atoms with E-state index in [2.05, 4.69) is 10.6 Å². The number of hydrogen-bond donors (Lipinski definition) is 2. The van der Waals surface area contributed by atoms with Crippen molar-refractivity contribution in [3.05, 3.63) is 94.3 Å². The molecule has 0 aliphatic rings. The highest BCUT2D eigenvalue weighted by atomic mass is 16.5. The lowest BCUT2D eigenvalue weighted by atomic mass is 10.1. The number of para-hydroxylation sites is 1. The van der Waals surface area contributed by atoms with Gasteiger partial charge in [-0.1, -0.05) is 36.4 Å². The molecule has 0 fully saturated rings. The van der Waals surface area contributed by atoms with Crippen molar-refractivity contribution in [2.24, 2.45) is 0 Å². The largest absolute Gasteiger partial charge is 0.492 e. The molecule has 0 bridgehead atoms. The van der Waals surface area contributed by atoms with E-state index in [4.69, 9.17) is 13.9 Å². The maximum atomic E-state index is 13.0. The van der Waals surface area contributed by atoms with Crippen molar-refractivity contribution < 1.29 is 23.5 Å². The molecule has 3 aromatic carbocycles. The normalized spacial score (nSPS) is 10.6. The van der Waals surface area contributed by atoms with Crippen molar-refractivity contribution in [2.45, 2.75) is 13.8 Å². The summed E-state index contributed by atoms with van der Waals surface area (Å²) < 4.78 is 16.7. The van der Waals surface area contributed by atoms with E-state index < -0.39 is 11.5 Å². The fraction of sp³-hybridized carbons (Fsp3) is 0.148. The number of benzene rings is 3. The number of carbonyl (C=O) groups is 2. The van der Waals surface area contributed by atoms with Gasteiger partial charge in [-0.25, -0.2) is 4.79 Å². The monoisotopic (exact) mass is 472 g/mol. The number of rotatable bonds is 8. The molecule has 2 N–H and O–H groups in total. The molecule has 0 unspecified atom stereocenters. The third-order valence-electron chi connectivity index (χ3n) is 5.10. The smallest absolute Gasteiger partial charge is 0.349 e. The minimum absolute atomic E-state index is 0.148. The summed E-state index contributed by atoms with van der Waals surface area (Å²) in [5.41, 5.74) is 0.633. The summed E-state index contributed by atoms with van der Waals surface area (Å²) in [5.74, 6) is -0.340. The van der Waals surface area contributed by atoms with Crippen LogP contribution in [0.3, 0.4) is 0 Å². The van der Waals surface area contributed by atoms with Gasteiger partial charge in [-0.2, -0.15) is 0 Å². The lowest BCUT2D eigenvalue weighted by molar-refractivity contribution is 0.101. The first kappa shape index (κ1) is 23.6. The summed E-state index contributed by atoms with van der Waals surface area (Å²) in [6.45, 7) is 4.23. The molecule has 35 heavy (non-hydrogen) atoms. The van der Waals surface area contributed by atoms with E-state index in [1.807, 2.05) is 6.07 Å². The van der Waals surface area contributed by atoms with Gasteiger partial charge in [0.25, 0.3) is 11.8 Å². The van der Waals surface area contributed by atoms with Crippen LogP contribution in [-0.4, -0.2) is 25.0 Å². The third kappa shape index (κ3) is 5.33. The Kier molecular flexibility index (Phi) is 7.11. The van der Waals surface area contributed by atoms with E-state index in [0.717, 1.165) is 0 Å². The molecule has 8 nitrogen and oxygen atoms in total. The molecule has 0 radical (unpaired) electrons. The molecule has 0 saturated carbocycles. The number of hydrogen-bond acceptors (Lipinski definition) is 6. The predicted octanol–water partition coefficient (Wildman–Crippen LogP) is 5.10. The average molecular weight is 472 g/mol. The maximum Gasteiger partial charge on any atom is 0.349 e. The van der Waals surface area contributed by atoms with Crippen molar-refractivity contribution in [2.75, 3.05) is 23.8 Å². The van der Waals surface area contributed by atoms with Crippen LogP contribution in [0, 0.1) is 0 Å². The molecular formula is C27H24N2O6. The first-order valence-corrected chi connectivity index (χ1v) is 11.1. The Hall–Kier alpha value is -4.59. The average Bonchev–Trinajstić information content (AvgIpc) is 2.86. The number of nitrogens with one attached hydrogen (secondary N) is 2. The Balaban J connectivity index is 1.68. The first-order valence-electron chi connectivity index (χ1n) is 11.1. The van der Waals surface area contributed by atoms with Gasteiger partial charge in [0.1, 0.15) is 22.6 Å². The van der Waals surface area contributed by atoms with Crippen LogP contribution in [-0.2, 0) is 0 Å². The van der Waals surface area contributed by atoms with Crippen LogP contribution >= 0.6 is 0 Å². The summed E-state index contributed by atoms with van der Waals surface area (Å²) in [4.78, 5) is 38.1. The molecule has 2 amide bonds. The van der Waals surface area contributed by atoms with E-state index >= 15 is 0 Å². The topological polar surface area (TPSA) is 107 Å². The van der Waals surface area contributed by atoms with Crippen LogP contribution in [0.1, 0.15) is 34.6 Å². The zero-order chi connectivity index (χ0) is 24.8. The van der Waals surface area contributed by atoms with Gasteiger partial charge < -0.3 is 24.5 Å². The number of ether oxygens (including phenoxy) is 2. The van der Waals surface area contributed by atoms with E-state index in [1.165, 1.54) is 6.07 Å². The predicted molar refractivity (Wildman–Crippen MR) is 134 cm³/mol. The van der Waals surface area contributed by atoms with Gasteiger partial charge in [-0.3, -0.25) is 9.59 Å². The van der Waals surface area contributed by atoms with Gasteiger partial charge >= 0.3 is 5.63 Å². The standard InChI is InChI=1S/C27H24N2O6/c1-3-33-23-16-21(29-26(31)19-14-18-12-8-9-13-22(18)35-27(19)32)24(34-4-2)15-20(23)28-25(30)17-10-6-5-7-11-17/h5-16H,3-4H2,1-2H3,(H,28,30)(H,29,31). The summed E-state index contributed by atoms with van der Waals surface area (Å²) >= 11 is 0. The van der Waals surface area contributed by atoms with Crippen molar-refractivity contribution in [1.82, 2.24) is 0 Å². The van der Waals surface area contributed by atoms with Crippen molar-refractivity contribution >= 4 is 34.2 Å². The van der Waals surface area contributed by atoms with Crippen LogP contribution in [0.25, 0.3) is 11.0 Å². The maximum absolute atomic E-state index is 13.0. The van der Waals surface area contributed by atoms with Crippen LogP contribution in [0.4, 0.5) is 11.4 Å². The van der Waals surface area contributed by atoms with Crippen LogP contribution in [0.15, 0.2) is 82.0 Å². The van der Waals surface area contributed by atoms with Crippen molar-refractivity contribution in [1.29, 1.82) is 0 Å². The van der Waals surface area contributed by atoms with Crippen LogP contribution in [0.2, 0.25) is 0 Å². The highest BCUT2D eigenvalue weighted by Crippen LogP contribution is 2.37. The zero-order valence-corrected chi connectivity index (χ0v) is 19.3. The summed E-state index contributed by atoms with van der Waals surface area (Å²) in [6.07, 6.45) is 0. The molecule has 178 valence electrons. The second-order valence-corrected chi connectivity index (χ2v) is 7.47. The molecule has 0 aliphatic carbocycles. The summed E-state index contributed by atoms with van der Waals surface area (Å²) in [6, 6.07) is 20.3. The van der Waals surface area contributed by atoms with Crippen LogP contribution < -0.4 is 25.7 Å². The molecule has 0 atom stereocenters. The third-order valence-corrected chi connectivity index (χ3v) is 5.10.